The van der Waals surface area contributed by atoms with E-state index >= 15 is 0 Å². The quantitative estimate of drug-likeness (QED) is 0.687. The van der Waals surface area contributed by atoms with Crippen LogP contribution in [0.1, 0.15) is 28.5 Å². The molecule has 0 N–H and O–H groups in total. The van der Waals surface area contributed by atoms with E-state index in [-0.39, 0.29) is 11.8 Å². The number of nitrogens with zero attached hydrogens (tertiary/aromatic N) is 3. The van der Waals surface area contributed by atoms with E-state index in [1.165, 1.54) is 15.8 Å². The third-order valence-electron chi connectivity index (χ3n) is 5.08. The van der Waals surface area contributed by atoms with Crippen LogP contribution in [0.2, 0.25) is 0 Å². The molecule has 0 spiro atoms. The number of hydrogen-bond donors (Lipinski definition) is 0. The minimum Gasteiger partial charge on any atom is -0.272 e. The molecule has 0 saturated carbocycles. The molecule has 4 rings (SSSR count). The van der Waals surface area contributed by atoms with Gasteiger partial charge in [0.05, 0.1) is 11.6 Å². The summed E-state index contributed by atoms with van der Waals surface area (Å²) in [5, 5.41) is 4.52. The maximum Gasteiger partial charge on any atom is 0.257 e. The minimum absolute atomic E-state index is 0.000958. The molecular weight excluding hydrogens is 322 g/mol. The lowest BCUT2D eigenvalue weighted by atomic mass is 9.91. The predicted molar refractivity (Wildman–Crippen MR) is 104 cm³/mol. The van der Waals surface area contributed by atoms with Gasteiger partial charge in [-0.1, -0.05) is 54.6 Å². The normalized spacial score (nSPS) is 16.3. The fourth-order valence-corrected chi connectivity index (χ4v) is 3.58. The molecule has 26 heavy (non-hydrogen) atoms. The van der Waals surface area contributed by atoms with Crippen LogP contribution in [0.15, 0.2) is 59.6 Å². The number of carbonyl (C=O) groups is 1. The summed E-state index contributed by atoms with van der Waals surface area (Å²) in [6.45, 7) is 5.95. The third-order valence-corrected chi connectivity index (χ3v) is 5.08. The van der Waals surface area contributed by atoms with Crippen LogP contribution >= 0.6 is 0 Å². The number of aryl methyl sites for hydroxylation is 2. The van der Waals surface area contributed by atoms with E-state index in [4.69, 9.17) is 4.99 Å². The Kier molecular flexibility index (Phi) is 4.03. The maximum absolute atomic E-state index is 13.2. The molecule has 0 saturated heterocycles. The molecule has 0 fully saturated rings. The average Bonchev–Trinajstić information content (AvgIpc) is 2.97. The molecular formula is C22H21N3O. The van der Waals surface area contributed by atoms with E-state index in [2.05, 4.69) is 24.2 Å². The Morgan fingerprint density at radius 2 is 1.65 bits per heavy atom. The Morgan fingerprint density at radius 3 is 2.38 bits per heavy atom. The smallest absolute Gasteiger partial charge is 0.257 e. The van der Waals surface area contributed by atoms with Crippen molar-refractivity contribution in [2.75, 3.05) is 0 Å². The summed E-state index contributed by atoms with van der Waals surface area (Å²) in [6, 6.07) is 18.2. The van der Waals surface area contributed by atoms with Crippen molar-refractivity contribution in [2.24, 2.45) is 10.9 Å². The van der Waals surface area contributed by atoms with Gasteiger partial charge in [-0.15, -0.1) is 0 Å². The van der Waals surface area contributed by atoms with Crippen LogP contribution in [-0.4, -0.2) is 21.4 Å². The zero-order chi connectivity index (χ0) is 18.3. The standard InChI is InChI=1S/C22H21N3O/c1-14-9-7-8-12-18(14)13-19-15(2)23-21-20(17-10-5-4-6-11-17)16(3)24-25(21)22(19)26/h4-12,19H,13H2,1-3H3. The lowest BCUT2D eigenvalue weighted by molar-refractivity contribution is 0.0852. The minimum atomic E-state index is -0.272. The molecule has 0 radical (unpaired) electrons. The van der Waals surface area contributed by atoms with Crippen molar-refractivity contribution in [2.45, 2.75) is 27.2 Å². The molecule has 1 aromatic heterocycles. The molecule has 1 unspecified atom stereocenters. The van der Waals surface area contributed by atoms with Crippen molar-refractivity contribution in [3.63, 3.8) is 0 Å². The molecule has 0 bridgehead atoms. The molecule has 0 amide bonds. The molecule has 2 heterocycles. The number of carbonyl (C=O) groups excluding carboxylic acids is 1. The number of hydrogen-bond acceptors (Lipinski definition) is 3. The number of aliphatic imine (C=N–C) groups is 1. The van der Waals surface area contributed by atoms with E-state index in [0.717, 1.165) is 22.5 Å². The summed E-state index contributed by atoms with van der Waals surface area (Å²) < 4.78 is 1.49. The second-order valence-electron chi connectivity index (χ2n) is 6.84. The Morgan fingerprint density at radius 1 is 0.962 bits per heavy atom. The summed E-state index contributed by atoms with van der Waals surface area (Å²) in [6.07, 6.45) is 0.653. The molecule has 130 valence electrons. The van der Waals surface area contributed by atoms with Gasteiger partial charge in [0.2, 0.25) is 0 Å². The Hall–Kier alpha value is -3.01. The molecule has 1 aliphatic heterocycles. The Labute approximate surface area is 153 Å². The van der Waals surface area contributed by atoms with Crippen LogP contribution in [0, 0.1) is 19.8 Å². The van der Waals surface area contributed by atoms with Gasteiger partial charge in [-0.2, -0.15) is 9.78 Å². The van der Waals surface area contributed by atoms with Crippen LogP contribution in [0.25, 0.3) is 11.1 Å². The highest BCUT2D eigenvalue weighted by molar-refractivity contribution is 6.09. The highest BCUT2D eigenvalue weighted by Crippen LogP contribution is 2.37. The van der Waals surface area contributed by atoms with Crippen molar-refractivity contribution < 1.29 is 4.79 Å². The van der Waals surface area contributed by atoms with Gasteiger partial charge in [-0.05, 0) is 43.9 Å². The fraction of sp³-hybridized carbons (Fsp3) is 0.227. The summed E-state index contributed by atoms with van der Waals surface area (Å²) in [4.78, 5) is 18.0. The van der Waals surface area contributed by atoms with Crippen molar-refractivity contribution in [3.8, 4) is 11.1 Å². The molecule has 0 aliphatic carbocycles. The van der Waals surface area contributed by atoms with E-state index in [1.807, 2.05) is 56.3 Å². The topological polar surface area (TPSA) is 47.2 Å². The van der Waals surface area contributed by atoms with Crippen LogP contribution < -0.4 is 0 Å². The van der Waals surface area contributed by atoms with Crippen molar-refractivity contribution in [3.05, 3.63) is 71.4 Å². The first-order valence-corrected chi connectivity index (χ1v) is 8.85. The van der Waals surface area contributed by atoms with E-state index in [0.29, 0.717) is 12.2 Å². The zero-order valence-electron chi connectivity index (χ0n) is 15.2. The van der Waals surface area contributed by atoms with E-state index in [9.17, 15) is 4.79 Å². The van der Waals surface area contributed by atoms with Crippen LogP contribution in [0.3, 0.4) is 0 Å². The SMILES string of the molecule is CC1=Nc2c(-c3ccccc3)c(C)nn2C(=O)C1Cc1ccccc1C. The van der Waals surface area contributed by atoms with Crippen molar-refractivity contribution in [1.29, 1.82) is 0 Å². The number of benzene rings is 2. The monoisotopic (exact) mass is 343 g/mol. The van der Waals surface area contributed by atoms with Crippen LogP contribution in [0.4, 0.5) is 5.82 Å². The van der Waals surface area contributed by atoms with Gasteiger partial charge in [-0.25, -0.2) is 4.99 Å². The highest BCUT2D eigenvalue weighted by Gasteiger charge is 2.33. The van der Waals surface area contributed by atoms with Crippen molar-refractivity contribution >= 4 is 17.4 Å². The molecule has 1 aliphatic rings. The van der Waals surface area contributed by atoms with Gasteiger partial charge in [-0.3, -0.25) is 4.79 Å². The second-order valence-corrected chi connectivity index (χ2v) is 6.84. The summed E-state index contributed by atoms with van der Waals surface area (Å²) in [7, 11) is 0. The van der Waals surface area contributed by atoms with Gasteiger partial charge in [0.15, 0.2) is 5.82 Å². The molecule has 1 atom stereocenters. The predicted octanol–water partition coefficient (Wildman–Crippen LogP) is 4.77. The maximum atomic E-state index is 13.2. The van der Waals surface area contributed by atoms with Gasteiger partial charge >= 0.3 is 0 Å². The molecule has 4 nitrogen and oxygen atoms in total. The summed E-state index contributed by atoms with van der Waals surface area (Å²) >= 11 is 0. The highest BCUT2D eigenvalue weighted by atomic mass is 16.2. The molecule has 2 aromatic carbocycles. The second kappa shape index (κ2) is 6.37. The first-order valence-electron chi connectivity index (χ1n) is 8.85. The van der Waals surface area contributed by atoms with Crippen molar-refractivity contribution in [1.82, 2.24) is 9.78 Å². The zero-order valence-corrected chi connectivity index (χ0v) is 15.2. The Balaban J connectivity index is 1.77. The van der Waals surface area contributed by atoms with Crippen LogP contribution in [0.5, 0.6) is 0 Å². The van der Waals surface area contributed by atoms with Gasteiger partial charge in [0.25, 0.3) is 5.91 Å². The largest absolute Gasteiger partial charge is 0.272 e. The first kappa shape index (κ1) is 16.5. The van der Waals surface area contributed by atoms with Gasteiger partial charge in [0, 0.05) is 11.3 Å². The molecule has 3 aromatic rings. The first-order chi connectivity index (χ1) is 12.6. The van der Waals surface area contributed by atoms with Crippen LogP contribution in [-0.2, 0) is 6.42 Å². The Bertz CT molecular complexity index is 1020. The summed E-state index contributed by atoms with van der Waals surface area (Å²) in [5.74, 6) is 0.379. The van der Waals surface area contributed by atoms with E-state index < -0.39 is 0 Å². The summed E-state index contributed by atoms with van der Waals surface area (Å²) in [5.41, 5.74) is 6.02. The number of rotatable bonds is 3. The third kappa shape index (κ3) is 2.68. The number of fused-ring (bicyclic) bond motifs is 1. The van der Waals surface area contributed by atoms with Gasteiger partial charge in [0.1, 0.15) is 0 Å². The lowest BCUT2D eigenvalue weighted by Crippen LogP contribution is -2.33. The molecule has 4 heteroatoms. The van der Waals surface area contributed by atoms with E-state index in [1.54, 1.807) is 0 Å². The number of aromatic nitrogens is 2. The lowest BCUT2D eigenvalue weighted by Gasteiger charge is -2.21. The average molecular weight is 343 g/mol. The van der Waals surface area contributed by atoms with Gasteiger partial charge < -0.3 is 0 Å². The fourth-order valence-electron chi connectivity index (χ4n) is 3.58.